The van der Waals surface area contributed by atoms with Crippen molar-refractivity contribution in [1.82, 2.24) is 9.71 Å². The van der Waals surface area contributed by atoms with Crippen LogP contribution in [0.5, 0.6) is 0 Å². The third kappa shape index (κ3) is 4.01. The molecule has 0 spiro atoms. The number of fused-ring (bicyclic) bond motifs is 1. The van der Waals surface area contributed by atoms with E-state index >= 15 is 0 Å². The second kappa shape index (κ2) is 6.58. The summed E-state index contributed by atoms with van der Waals surface area (Å²) >= 11 is 4.57. The Morgan fingerprint density at radius 2 is 2.05 bits per heavy atom. The molecule has 22 heavy (non-hydrogen) atoms. The highest BCUT2D eigenvalue weighted by molar-refractivity contribution is 7.90. The predicted molar refractivity (Wildman–Crippen MR) is 89.1 cm³/mol. The quantitative estimate of drug-likeness (QED) is 0.838. The van der Waals surface area contributed by atoms with Crippen LogP contribution >= 0.6 is 11.6 Å². The van der Waals surface area contributed by atoms with E-state index in [1.54, 1.807) is 6.07 Å². The van der Waals surface area contributed by atoms with E-state index in [4.69, 9.17) is 11.6 Å². The van der Waals surface area contributed by atoms with Gasteiger partial charge in [-0.05, 0) is 45.4 Å². The van der Waals surface area contributed by atoms with Gasteiger partial charge in [0.15, 0.2) is 0 Å². The minimum absolute atomic E-state index is 0.0115. The second-order valence-corrected chi connectivity index (χ2v) is 8.46. The minimum atomic E-state index is -1.18. The summed E-state index contributed by atoms with van der Waals surface area (Å²) in [5, 5.41) is 0.676. The highest BCUT2D eigenvalue weighted by atomic mass is 35.5. The number of halogens is 2. The lowest BCUT2D eigenvalue weighted by Gasteiger charge is -2.23. The van der Waals surface area contributed by atoms with Crippen molar-refractivity contribution < 1.29 is 8.94 Å². The molecule has 1 atom stereocenters. The highest BCUT2D eigenvalue weighted by Gasteiger charge is 2.25. The van der Waals surface area contributed by atoms with Crippen LogP contribution in [0.2, 0.25) is 5.02 Å². The van der Waals surface area contributed by atoms with Crippen LogP contribution in [-0.2, 0) is 17.8 Å². The van der Waals surface area contributed by atoms with E-state index in [-0.39, 0.29) is 15.3 Å². The van der Waals surface area contributed by atoms with Gasteiger partial charge in [0.1, 0.15) is 10.6 Å². The lowest BCUT2D eigenvalue weighted by molar-refractivity contribution is 0.544. The predicted octanol–water partition coefficient (Wildman–Crippen LogP) is 2.91. The van der Waals surface area contributed by atoms with Gasteiger partial charge < -0.3 is 9.54 Å². The van der Waals surface area contributed by atoms with Gasteiger partial charge >= 0.3 is 0 Å². The summed E-state index contributed by atoms with van der Waals surface area (Å²) in [6.07, 6.45) is 0.419. The summed E-state index contributed by atoms with van der Waals surface area (Å²) in [7, 11) is 0. The molecule has 0 fully saturated rings. The molecular weight excluding hydrogens is 327 g/mol. The molecule has 0 unspecified atom stereocenters. The number of pyridine rings is 1. The summed E-state index contributed by atoms with van der Waals surface area (Å²) in [5.41, 5.74) is 0.660. The second-order valence-electron chi connectivity index (χ2n) is 6.00. The molecule has 0 amide bonds. The van der Waals surface area contributed by atoms with Crippen molar-refractivity contribution in [3.8, 4) is 0 Å². The first-order valence-corrected chi connectivity index (χ1v) is 8.37. The fourth-order valence-electron chi connectivity index (χ4n) is 1.93. The number of rotatable bonds is 4. The van der Waals surface area contributed by atoms with Crippen molar-refractivity contribution in [3.05, 3.63) is 45.0 Å². The van der Waals surface area contributed by atoms with Crippen LogP contribution in [0.4, 0.5) is 4.39 Å². The molecule has 2 rings (SSSR count). The molecule has 0 aliphatic heterocycles. The average Bonchev–Trinajstić information content (AvgIpc) is 2.40. The first kappa shape index (κ1) is 17.3. The molecule has 0 aliphatic carbocycles. The van der Waals surface area contributed by atoms with E-state index in [1.165, 1.54) is 12.1 Å². The standard InChI is InChI=1S/C15H18ClFN2O2S/c1-15(2,3)22(21)18-5-4-9-6-10-7-11(16)12(17)8-13(10)19-14(9)20/h6-8,18H,4-5H2,1-3H3,(H,19,20)/t22-/m1/s1. The number of aromatic nitrogens is 1. The van der Waals surface area contributed by atoms with E-state index in [2.05, 4.69) is 9.71 Å². The zero-order valence-electron chi connectivity index (χ0n) is 12.6. The minimum Gasteiger partial charge on any atom is -0.598 e. The Morgan fingerprint density at radius 1 is 1.36 bits per heavy atom. The Kier molecular flexibility index (Phi) is 5.17. The fourth-order valence-corrected chi connectivity index (χ4v) is 2.82. The van der Waals surface area contributed by atoms with Gasteiger partial charge in [-0.2, -0.15) is 0 Å². The maximum atomic E-state index is 13.4. The molecule has 7 heteroatoms. The van der Waals surface area contributed by atoms with E-state index < -0.39 is 17.2 Å². The molecular formula is C15H18ClFN2O2S. The largest absolute Gasteiger partial charge is 0.598 e. The molecule has 1 aromatic heterocycles. The van der Waals surface area contributed by atoms with Crippen LogP contribution in [0.3, 0.4) is 0 Å². The van der Waals surface area contributed by atoms with E-state index in [0.29, 0.717) is 29.4 Å². The first-order valence-electron chi connectivity index (χ1n) is 6.85. The Bertz CT molecular complexity index is 743. The number of hydrogen-bond acceptors (Lipinski definition) is 3. The Hall–Kier alpha value is -1.08. The third-order valence-corrected chi connectivity index (χ3v) is 5.01. The Morgan fingerprint density at radius 3 is 2.68 bits per heavy atom. The SMILES string of the molecule is CC(C)(C)[S@@+]([O-])NCCc1cc2cc(Cl)c(F)cc2[nH]c1=O. The molecule has 1 aromatic carbocycles. The number of H-pyrrole nitrogens is 1. The summed E-state index contributed by atoms with van der Waals surface area (Å²) < 4.78 is 27.8. The lowest BCUT2D eigenvalue weighted by atomic mass is 10.1. The number of hydrogen-bond donors (Lipinski definition) is 2. The van der Waals surface area contributed by atoms with Gasteiger partial charge in [0.2, 0.25) is 0 Å². The lowest BCUT2D eigenvalue weighted by Crippen LogP contribution is -2.40. The topological polar surface area (TPSA) is 67.9 Å². The van der Waals surface area contributed by atoms with Crippen LogP contribution in [0.25, 0.3) is 10.9 Å². The number of nitrogens with one attached hydrogen (secondary N) is 2. The van der Waals surface area contributed by atoms with Gasteiger partial charge in [-0.1, -0.05) is 11.6 Å². The zero-order chi connectivity index (χ0) is 16.5. The van der Waals surface area contributed by atoms with E-state index in [1.807, 2.05) is 20.8 Å². The molecule has 0 aliphatic rings. The summed E-state index contributed by atoms with van der Waals surface area (Å²) in [6, 6.07) is 4.36. The van der Waals surface area contributed by atoms with E-state index in [9.17, 15) is 13.7 Å². The van der Waals surface area contributed by atoms with Crippen molar-refractivity contribution >= 4 is 33.9 Å². The van der Waals surface area contributed by atoms with Gasteiger partial charge in [-0.15, -0.1) is 4.72 Å². The smallest absolute Gasteiger partial charge is 0.251 e. The maximum Gasteiger partial charge on any atom is 0.251 e. The van der Waals surface area contributed by atoms with Gasteiger partial charge in [0.05, 0.1) is 10.5 Å². The fraction of sp³-hybridized carbons (Fsp3) is 0.400. The van der Waals surface area contributed by atoms with Crippen LogP contribution in [0.1, 0.15) is 26.3 Å². The monoisotopic (exact) mass is 344 g/mol. The molecule has 0 bridgehead atoms. The van der Waals surface area contributed by atoms with Crippen molar-refractivity contribution in [2.75, 3.05) is 6.54 Å². The number of aromatic amines is 1. The molecule has 0 saturated carbocycles. The van der Waals surface area contributed by atoms with Crippen LogP contribution in [-0.4, -0.2) is 20.8 Å². The molecule has 4 nitrogen and oxygen atoms in total. The van der Waals surface area contributed by atoms with Crippen molar-refractivity contribution in [1.29, 1.82) is 0 Å². The summed E-state index contributed by atoms with van der Waals surface area (Å²) in [6.45, 7) is 6.02. The van der Waals surface area contributed by atoms with Crippen LogP contribution in [0.15, 0.2) is 23.0 Å². The summed E-state index contributed by atoms with van der Waals surface area (Å²) in [5.74, 6) is -0.570. The molecule has 2 aromatic rings. The molecule has 0 saturated heterocycles. The molecule has 1 heterocycles. The molecule has 120 valence electrons. The number of benzene rings is 1. The Balaban J connectivity index is 2.17. The van der Waals surface area contributed by atoms with Gasteiger partial charge in [0.25, 0.3) is 5.56 Å². The van der Waals surface area contributed by atoms with E-state index in [0.717, 1.165) is 0 Å². The van der Waals surface area contributed by atoms with Crippen LogP contribution in [0, 0.1) is 5.82 Å². The van der Waals surface area contributed by atoms with Crippen LogP contribution < -0.4 is 10.3 Å². The maximum absolute atomic E-state index is 13.4. The normalized spacial score (nSPS) is 13.5. The average molecular weight is 345 g/mol. The van der Waals surface area contributed by atoms with Crippen molar-refractivity contribution in [3.63, 3.8) is 0 Å². The molecule has 0 radical (unpaired) electrons. The van der Waals surface area contributed by atoms with Gasteiger partial charge in [-0.25, -0.2) is 4.39 Å². The van der Waals surface area contributed by atoms with Gasteiger partial charge in [0, 0.05) is 28.9 Å². The Labute approximate surface area is 136 Å². The first-order chi connectivity index (χ1) is 10.2. The third-order valence-electron chi connectivity index (χ3n) is 3.15. The van der Waals surface area contributed by atoms with Crippen molar-refractivity contribution in [2.24, 2.45) is 0 Å². The molecule has 2 N–H and O–H groups in total. The summed E-state index contributed by atoms with van der Waals surface area (Å²) in [4.78, 5) is 14.6. The van der Waals surface area contributed by atoms with Gasteiger partial charge in [-0.3, -0.25) is 4.79 Å². The zero-order valence-corrected chi connectivity index (χ0v) is 14.2. The highest BCUT2D eigenvalue weighted by Crippen LogP contribution is 2.21. The van der Waals surface area contributed by atoms with Crippen molar-refractivity contribution in [2.45, 2.75) is 31.9 Å².